The Kier molecular flexibility index (Phi) is 2.74. The van der Waals surface area contributed by atoms with E-state index in [9.17, 15) is 4.79 Å². The molecule has 0 aliphatic heterocycles. The van der Waals surface area contributed by atoms with Gasteiger partial charge in [-0.3, -0.25) is 4.79 Å². The first-order valence-corrected chi connectivity index (χ1v) is 4.66. The molecule has 0 saturated heterocycles. The van der Waals surface area contributed by atoms with Crippen LogP contribution in [0.15, 0.2) is 46.9 Å². The second kappa shape index (κ2) is 4.19. The summed E-state index contributed by atoms with van der Waals surface area (Å²) in [4.78, 5) is 10.7. The van der Waals surface area contributed by atoms with E-state index in [0.29, 0.717) is 5.75 Å². The summed E-state index contributed by atoms with van der Waals surface area (Å²) in [5, 5.41) is -0.641. The summed E-state index contributed by atoms with van der Waals surface area (Å²) in [5.74, 6) is 0.952. The number of halogens is 1. The maximum absolute atomic E-state index is 10.7. The fourth-order valence-electron chi connectivity index (χ4n) is 1.09. The van der Waals surface area contributed by atoms with Crippen molar-refractivity contribution in [2.75, 3.05) is 0 Å². The lowest BCUT2D eigenvalue weighted by molar-refractivity contribution is 0.105. The van der Waals surface area contributed by atoms with E-state index in [0.717, 1.165) is 0 Å². The van der Waals surface area contributed by atoms with Crippen LogP contribution in [0.2, 0.25) is 0 Å². The van der Waals surface area contributed by atoms with E-state index in [2.05, 4.69) is 0 Å². The zero-order valence-corrected chi connectivity index (χ0v) is 8.40. The van der Waals surface area contributed by atoms with Crippen molar-refractivity contribution in [3.63, 3.8) is 0 Å². The molecule has 1 aromatic heterocycles. The number of hydrogen-bond acceptors (Lipinski definition) is 3. The van der Waals surface area contributed by atoms with Gasteiger partial charge in [0.2, 0.25) is 0 Å². The number of para-hydroxylation sites is 1. The number of carbonyl (C=O) groups excluding carboxylic acids is 1. The van der Waals surface area contributed by atoms with Crippen molar-refractivity contribution in [2.24, 2.45) is 0 Å². The molecular weight excluding hydrogens is 216 g/mol. The van der Waals surface area contributed by atoms with E-state index < -0.39 is 5.24 Å². The van der Waals surface area contributed by atoms with E-state index in [4.69, 9.17) is 20.8 Å². The zero-order valence-electron chi connectivity index (χ0n) is 7.64. The topological polar surface area (TPSA) is 39.4 Å². The van der Waals surface area contributed by atoms with Gasteiger partial charge in [-0.25, -0.2) is 0 Å². The number of furan rings is 1. The molecule has 3 nitrogen and oxygen atoms in total. The Bertz CT molecular complexity index is 462. The van der Waals surface area contributed by atoms with Crippen LogP contribution < -0.4 is 4.74 Å². The molecule has 0 unspecified atom stereocenters. The number of carbonyl (C=O) groups is 1. The summed E-state index contributed by atoms with van der Waals surface area (Å²) in [7, 11) is 0. The van der Waals surface area contributed by atoms with E-state index in [1.165, 1.54) is 6.07 Å². The molecule has 15 heavy (non-hydrogen) atoms. The van der Waals surface area contributed by atoms with E-state index in [1.54, 1.807) is 18.2 Å². The predicted octanol–water partition coefficient (Wildman–Crippen LogP) is 3.45. The van der Waals surface area contributed by atoms with Crippen molar-refractivity contribution in [3.05, 3.63) is 48.2 Å². The Morgan fingerprint density at radius 3 is 2.47 bits per heavy atom. The van der Waals surface area contributed by atoms with Gasteiger partial charge in [0.15, 0.2) is 5.76 Å². The molecule has 0 aliphatic rings. The SMILES string of the molecule is O=C(Cl)c1ccc(Oc2ccccc2)o1. The van der Waals surface area contributed by atoms with Crippen LogP contribution in [0.1, 0.15) is 10.6 Å². The Morgan fingerprint density at radius 2 is 1.87 bits per heavy atom. The van der Waals surface area contributed by atoms with Crippen molar-refractivity contribution >= 4 is 16.8 Å². The highest BCUT2D eigenvalue weighted by Gasteiger charge is 2.08. The first kappa shape index (κ1) is 9.80. The molecule has 0 aliphatic carbocycles. The van der Waals surface area contributed by atoms with Gasteiger partial charge in [0.1, 0.15) is 5.75 Å². The molecule has 0 atom stereocenters. The van der Waals surface area contributed by atoms with Gasteiger partial charge in [-0.1, -0.05) is 18.2 Å². The second-order valence-electron chi connectivity index (χ2n) is 2.81. The fraction of sp³-hybridized carbons (Fsp3) is 0. The Hall–Kier alpha value is -1.74. The average Bonchev–Trinajstić information content (AvgIpc) is 2.68. The van der Waals surface area contributed by atoms with Crippen LogP contribution in [0.25, 0.3) is 0 Å². The monoisotopic (exact) mass is 222 g/mol. The lowest BCUT2D eigenvalue weighted by Crippen LogP contribution is -1.83. The quantitative estimate of drug-likeness (QED) is 0.747. The van der Waals surface area contributed by atoms with Crippen LogP contribution in [0, 0.1) is 0 Å². The Balaban J connectivity index is 2.15. The normalized spacial score (nSPS) is 9.93. The Morgan fingerprint density at radius 1 is 1.13 bits per heavy atom. The van der Waals surface area contributed by atoms with Crippen LogP contribution in [0.4, 0.5) is 0 Å². The average molecular weight is 223 g/mol. The molecule has 4 heteroatoms. The van der Waals surface area contributed by atoms with Crippen LogP contribution in [0.3, 0.4) is 0 Å². The summed E-state index contributed by atoms with van der Waals surface area (Å²) in [6.45, 7) is 0. The van der Waals surface area contributed by atoms with Crippen LogP contribution >= 0.6 is 11.6 Å². The van der Waals surface area contributed by atoms with Gasteiger partial charge in [0, 0.05) is 6.07 Å². The van der Waals surface area contributed by atoms with E-state index >= 15 is 0 Å². The third-order valence-corrected chi connectivity index (χ3v) is 1.92. The lowest BCUT2D eigenvalue weighted by atomic mass is 10.3. The molecule has 1 heterocycles. The van der Waals surface area contributed by atoms with Gasteiger partial charge >= 0.3 is 0 Å². The Labute approximate surface area is 91.2 Å². The maximum Gasteiger partial charge on any atom is 0.290 e. The van der Waals surface area contributed by atoms with Crippen molar-refractivity contribution in [2.45, 2.75) is 0 Å². The molecule has 2 aromatic rings. The molecular formula is C11H7ClO3. The van der Waals surface area contributed by atoms with Gasteiger partial charge in [-0.2, -0.15) is 0 Å². The predicted molar refractivity (Wildman–Crippen MR) is 55.4 cm³/mol. The minimum absolute atomic E-state index is 0.0718. The maximum atomic E-state index is 10.7. The van der Waals surface area contributed by atoms with Gasteiger partial charge < -0.3 is 9.15 Å². The van der Waals surface area contributed by atoms with Gasteiger partial charge in [-0.15, -0.1) is 0 Å². The summed E-state index contributed by atoms with van der Waals surface area (Å²) in [6.07, 6.45) is 0. The molecule has 2 rings (SSSR count). The molecule has 1 aromatic carbocycles. The smallest absolute Gasteiger partial charge is 0.290 e. The van der Waals surface area contributed by atoms with Gasteiger partial charge in [-0.05, 0) is 29.8 Å². The van der Waals surface area contributed by atoms with Crippen molar-refractivity contribution < 1.29 is 13.9 Å². The highest BCUT2D eigenvalue weighted by atomic mass is 35.5. The van der Waals surface area contributed by atoms with Crippen LogP contribution in [-0.2, 0) is 0 Å². The minimum atomic E-state index is -0.641. The zero-order chi connectivity index (χ0) is 10.7. The highest BCUT2D eigenvalue weighted by Crippen LogP contribution is 2.23. The van der Waals surface area contributed by atoms with Crippen LogP contribution in [-0.4, -0.2) is 5.24 Å². The molecule has 0 saturated carbocycles. The van der Waals surface area contributed by atoms with Crippen molar-refractivity contribution in [3.8, 4) is 11.7 Å². The fourth-order valence-corrected chi connectivity index (χ4v) is 1.19. The number of ether oxygens (including phenoxy) is 1. The van der Waals surface area contributed by atoms with Crippen molar-refractivity contribution in [1.82, 2.24) is 0 Å². The number of hydrogen-bond donors (Lipinski definition) is 0. The summed E-state index contributed by atoms with van der Waals surface area (Å²) >= 11 is 5.23. The number of rotatable bonds is 3. The van der Waals surface area contributed by atoms with Crippen molar-refractivity contribution in [1.29, 1.82) is 0 Å². The summed E-state index contributed by atoms with van der Waals surface area (Å²) in [6, 6.07) is 12.1. The largest absolute Gasteiger partial charge is 0.426 e. The third kappa shape index (κ3) is 2.39. The molecule has 0 bridgehead atoms. The molecule has 0 spiro atoms. The van der Waals surface area contributed by atoms with E-state index in [-0.39, 0.29) is 11.7 Å². The number of benzene rings is 1. The molecule has 0 N–H and O–H groups in total. The molecule has 0 amide bonds. The van der Waals surface area contributed by atoms with Crippen LogP contribution in [0.5, 0.6) is 11.7 Å². The second-order valence-corrected chi connectivity index (χ2v) is 3.15. The first-order valence-electron chi connectivity index (χ1n) is 4.28. The molecule has 76 valence electrons. The first-order chi connectivity index (χ1) is 7.25. The molecule has 0 radical (unpaired) electrons. The standard InChI is InChI=1S/C11H7ClO3/c12-11(13)9-6-7-10(15-9)14-8-4-2-1-3-5-8/h1-7H. The van der Waals surface area contributed by atoms with Gasteiger partial charge in [0.25, 0.3) is 11.2 Å². The van der Waals surface area contributed by atoms with Gasteiger partial charge in [0.05, 0.1) is 0 Å². The minimum Gasteiger partial charge on any atom is -0.426 e. The lowest BCUT2D eigenvalue weighted by Gasteiger charge is -1.99. The van der Waals surface area contributed by atoms with E-state index in [1.807, 2.05) is 18.2 Å². The summed E-state index contributed by atoms with van der Waals surface area (Å²) in [5.41, 5.74) is 0. The molecule has 0 fully saturated rings. The summed E-state index contributed by atoms with van der Waals surface area (Å²) < 4.78 is 10.4. The highest BCUT2D eigenvalue weighted by molar-refractivity contribution is 6.67. The third-order valence-electron chi connectivity index (χ3n) is 1.74.